The number of rotatable bonds is 4. The van der Waals surface area contributed by atoms with Crippen LogP contribution in [0.5, 0.6) is 0 Å². The van der Waals surface area contributed by atoms with Crippen LogP contribution in [0.15, 0.2) is 0 Å². The van der Waals surface area contributed by atoms with Gasteiger partial charge < -0.3 is 5.32 Å². The molecule has 0 aromatic heterocycles. The third-order valence-corrected chi connectivity index (χ3v) is 5.00. The molecule has 1 rings (SSSR count). The van der Waals surface area contributed by atoms with Gasteiger partial charge in [0.25, 0.3) is 0 Å². The van der Waals surface area contributed by atoms with Crippen LogP contribution < -0.4 is 5.32 Å². The Labute approximate surface area is 101 Å². The van der Waals surface area contributed by atoms with Gasteiger partial charge in [0.15, 0.2) is 5.92 Å². The van der Waals surface area contributed by atoms with Gasteiger partial charge in [-0.3, -0.25) is 0 Å². The molecule has 0 aromatic carbocycles. The Morgan fingerprint density at radius 3 is 2.69 bits per heavy atom. The molecule has 92 valence electrons. The fourth-order valence-corrected chi connectivity index (χ4v) is 3.92. The summed E-state index contributed by atoms with van der Waals surface area (Å²) in [5.41, 5.74) is 0. The largest absolute Gasteiger partial charge is 0.405 e. The summed E-state index contributed by atoms with van der Waals surface area (Å²) in [7, 11) is 0. The van der Waals surface area contributed by atoms with Crippen molar-refractivity contribution < 1.29 is 13.2 Å². The molecule has 1 heterocycles. The molecule has 0 spiro atoms. The predicted molar refractivity (Wildman–Crippen MR) is 61.6 cm³/mol. The van der Waals surface area contributed by atoms with E-state index in [1.54, 1.807) is 11.8 Å². The topological polar surface area (TPSA) is 35.8 Å². The van der Waals surface area contributed by atoms with Crippen molar-refractivity contribution in [3.8, 4) is 6.07 Å². The van der Waals surface area contributed by atoms with E-state index in [2.05, 4.69) is 5.32 Å². The van der Waals surface area contributed by atoms with Crippen LogP contribution in [0.1, 0.15) is 0 Å². The lowest BCUT2D eigenvalue weighted by Crippen LogP contribution is -2.36. The summed E-state index contributed by atoms with van der Waals surface area (Å²) in [6.07, 6.45) is -4.42. The number of halogens is 3. The lowest BCUT2D eigenvalue weighted by atomic mass is 10.1. The summed E-state index contributed by atoms with van der Waals surface area (Å²) in [6, 6.07) is 1.28. The SMILES string of the molecule is N#CC(CNCC1CSCCS1)C(F)(F)F. The first-order valence-electron chi connectivity index (χ1n) is 4.90. The molecule has 16 heavy (non-hydrogen) atoms. The van der Waals surface area contributed by atoms with Crippen molar-refractivity contribution in [2.45, 2.75) is 11.4 Å². The van der Waals surface area contributed by atoms with E-state index < -0.39 is 12.1 Å². The predicted octanol–water partition coefficient (Wildman–Crippen LogP) is 2.13. The summed E-state index contributed by atoms with van der Waals surface area (Å²) >= 11 is 3.61. The van der Waals surface area contributed by atoms with E-state index in [0.29, 0.717) is 11.8 Å². The Balaban J connectivity index is 2.21. The molecule has 1 aliphatic heterocycles. The van der Waals surface area contributed by atoms with E-state index >= 15 is 0 Å². The maximum absolute atomic E-state index is 12.2. The Morgan fingerprint density at radius 2 is 2.19 bits per heavy atom. The standard InChI is InChI=1S/C9H13F3N2S2/c10-9(11,12)7(3-13)4-14-5-8-6-15-1-2-16-8/h7-8,14H,1-2,4-6H2. The van der Waals surface area contributed by atoms with Gasteiger partial charge in [-0.25, -0.2) is 0 Å². The lowest BCUT2D eigenvalue weighted by Gasteiger charge is -2.22. The molecule has 0 saturated carbocycles. The molecule has 1 fully saturated rings. The van der Waals surface area contributed by atoms with Gasteiger partial charge in [-0.2, -0.15) is 42.0 Å². The Kier molecular flexibility index (Phi) is 5.79. The fourth-order valence-electron chi connectivity index (χ4n) is 1.28. The maximum Gasteiger partial charge on any atom is 0.405 e. The first-order chi connectivity index (χ1) is 7.54. The summed E-state index contributed by atoms with van der Waals surface area (Å²) in [5, 5.41) is 11.5. The van der Waals surface area contributed by atoms with Crippen LogP contribution >= 0.6 is 23.5 Å². The number of alkyl halides is 3. The highest BCUT2D eigenvalue weighted by molar-refractivity contribution is 8.06. The maximum atomic E-state index is 12.2. The fraction of sp³-hybridized carbons (Fsp3) is 0.889. The number of thioether (sulfide) groups is 2. The Bertz CT molecular complexity index is 246. The molecular weight excluding hydrogens is 257 g/mol. The van der Waals surface area contributed by atoms with Crippen LogP contribution in [-0.2, 0) is 0 Å². The van der Waals surface area contributed by atoms with Crippen molar-refractivity contribution in [1.82, 2.24) is 5.32 Å². The van der Waals surface area contributed by atoms with Crippen molar-refractivity contribution in [3.05, 3.63) is 0 Å². The molecule has 0 bridgehead atoms. The van der Waals surface area contributed by atoms with Crippen molar-refractivity contribution in [1.29, 1.82) is 5.26 Å². The first kappa shape index (κ1) is 14.0. The molecule has 0 amide bonds. The minimum Gasteiger partial charge on any atom is -0.314 e. The van der Waals surface area contributed by atoms with Crippen molar-refractivity contribution in [3.63, 3.8) is 0 Å². The number of hydrogen-bond acceptors (Lipinski definition) is 4. The van der Waals surface area contributed by atoms with Gasteiger partial charge >= 0.3 is 6.18 Å². The van der Waals surface area contributed by atoms with E-state index in [1.807, 2.05) is 11.8 Å². The van der Waals surface area contributed by atoms with Gasteiger partial charge in [0.05, 0.1) is 6.07 Å². The zero-order chi connectivity index (χ0) is 12.0. The highest BCUT2D eigenvalue weighted by atomic mass is 32.2. The monoisotopic (exact) mass is 270 g/mol. The molecule has 1 saturated heterocycles. The van der Waals surface area contributed by atoms with Crippen LogP contribution in [-0.4, -0.2) is 41.8 Å². The van der Waals surface area contributed by atoms with Gasteiger partial charge in [0.1, 0.15) is 0 Å². The number of nitriles is 1. The number of nitrogens with one attached hydrogen (secondary N) is 1. The van der Waals surface area contributed by atoms with E-state index in [0.717, 1.165) is 17.3 Å². The molecule has 0 aliphatic carbocycles. The smallest absolute Gasteiger partial charge is 0.314 e. The minimum atomic E-state index is -4.42. The lowest BCUT2D eigenvalue weighted by molar-refractivity contribution is -0.157. The summed E-state index contributed by atoms with van der Waals surface area (Å²) in [4.78, 5) is 0. The van der Waals surface area contributed by atoms with Crippen LogP contribution in [0.25, 0.3) is 0 Å². The van der Waals surface area contributed by atoms with Crippen LogP contribution in [0.4, 0.5) is 13.2 Å². The number of hydrogen-bond donors (Lipinski definition) is 1. The van der Waals surface area contributed by atoms with E-state index in [1.165, 1.54) is 6.07 Å². The average Bonchev–Trinajstić information content (AvgIpc) is 2.24. The second-order valence-corrected chi connectivity index (χ2v) is 6.01. The molecule has 2 atom stereocenters. The quantitative estimate of drug-likeness (QED) is 0.849. The molecular formula is C9H13F3N2S2. The Hall–Kier alpha value is -0.0600. The van der Waals surface area contributed by atoms with Crippen LogP contribution in [0.2, 0.25) is 0 Å². The van der Waals surface area contributed by atoms with Crippen molar-refractivity contribution >= 4 is 23.5 Å². The molecule has 1 N–H and O–H groups in total. The van der Waals surface area contributed by atoms with Gasteiger partial charge in [0, 0.05) is 35.6 Å². The van der Waals surface area contributed by atoms with Crippen LogP contribution in [0, 0.1) is 17.2 Å². The normalized spacial score (nSPS) is 23.8. The zero-order valence-corrected chi connectivity index (χ0v) is 10.2. The molecule has 2 nitrogen and oxygen atoms in total. The van der Waals surface area contributed by atoms with Gasteiger partial charge in [-0.1, -0.05) is 0 Å². The molecule has 1 aliphatic rings. The number of nitrogens with zero attached hydrogens (tertiary/aromatic N) is 1. The van der Waals surface area contributed by atoms with E-state index in [9.17, 15) is 13.2 Å². The van der Waals surface area contributed by atoms with E-state index in [-0.39, 0.29) is 6.54 Å². The third-order valence-electron chi connectivity index (χ3n) is 2.16. The summed E-state index contributed by atoms with van der Waals surface area (Å²) in [6.45, 7) is 0.244. The molecule has 0 radical (unpaired) electrons. The molecule has 2 unspecified atom stereocenters. The second-order valence-electron chi connectivity index (χ2n) is 3.45. The van der Waals surface area contributed by atoms with Gasteiger partial charge in [0.2, 0.25) is 0 Å². The van der Waals surface area contributed by atoms with Gasteiger partial charge in [-0.15, -0.1) is 0 Å². The minimum absolute atomic E-state index is 0.304. The highest BCUT2D eigenvalue weighted by Gasteiger charge is 2.39. The zero-order valence-electron chi connectivity index (χ0n) is 8.59. The molecule has 7 heteroatoms. The summed E-state index contributed by atoms with van der Waals surface area (Å²) < 4.78 is 36.6. The van der Waals surface area contributed by atoms with Gasteiger partial charge in [-0.05, 0) is 0 Å². The highest BCUT2D eigenvalue weighted by Crippen LogP contribution is 2.26. The van der Waals surface area contributed by atoms with E-state index in [4.69, 9.17) is 5.26 Å². The summed E-state index contributed by atoms with van der Waals surface area (Å²) in [5.74, 6) is 1.25. The first-order valence-corrected chi connectivity index (χ1v) is 7.10. The Morgan fingerprint density at radius 1 is 1.44 bits per heavy atom. The molecule has 0 aromatic rings. The van der Waals surface area contributed by atoms with Crippen molar-refractivity contribution in [2.75, 3.05) is 30.3 Å². The average molecular weight is 270 g/mol. The van der Waals surface area contributed by atoms with Crippen LogP contribution in [0.3, 0.4) is 0 Å². The third kappa shape index (κ3) is 4.85. The second kappa shape index (κ2) is 6.62. The van der Waals surface area contributed by atoms with Crippen molar-refractivity contribution in [2.24, 2.45) is 5.92 Å².